The Balaban J connectivity index is 1.10. The molecular weight excluding hydrogens is 697 g/mol. The molecule has 5 aromatic heterocycles. The zero-order chi connectivity index (χ0) is 37.2. The topological polar surface area (TPSA) is 37.0 Å². The predicted octanol–water partition coefficient (Wildman–Crippen LogP) is 12.6. The molecule has 6 heteroatoms. The predicted molar refractivity (Wildman–Crippen MR) is 235 cm³/mol. The molecule has 0 spiro atoms. The number of hydrogen-bond acceptors (Lipinski definition) is 1. The number of fused-ring (bicyclic) bond motifs is 13. The van der Waals surface area contributed by atoms with Crippen molar-refractivity contribution in [2.24, 2.45) is 0 Å². The van der Waals surface area contributed by atoms with Crippen molar-refractivity contribution in [2.75, 3.05) is 0 Å². The highest BCUT2D eigenvalue weighted by atomic mass is 15.3. The summed E-state index contributed by atoms with van der Waals surface area (Å²) in [6.45, 7) is 0. The maximum absolute atomic E-state index is 5.47. The van der Waals surface area contributed by atoms with Gasteiger partial charge in [-0.05, 0) is 84.9 Å². The van der Waals surface area contributed by atoms with Crippen LogP contribution in [-0.4, -0.2) is 27.7 Å². The van der Waals surface area contributed by atoms with Crippen LogP contribution in [0.25, 0.3) is 105 Å². The molecule has 0 radical (unpaired) electrons. The van der Waals surface area contributed by atoms with Crippen molar-refractivity contribution in [1.82, 2.24) is 27.7 Å². The molecular formula is C51H32N6. The molecule has 266 valence electrons. The van der Waals surface area contributed by atoms with Gasteiger partial charge in [-0.2, -0.15) is 0 Å². The summed E-state index contributed by atoms with van der Waals surface area (Å²) in [5.41, 5.74) is 14.5. The molecule has 0 bridgehead atoms. The lowest BCUT2D eigenvalue weighted by Crippen LogP contribution is -1.98. The maximum atomic E-state index is 5.47. The molecule has 0 aliphatic rings. The van der Waals surface area contributed by atoms with Crippen LogP contribution in [0.5, 0.6) is 0 Å². The summed E-state index contributed by atoms with van der Waals surface area (Å²) in [4.78, 5) is 5.47. The molecule has 13 aromatic rings. The van der Waals surface area contributed by atoms with Crippen molar-refractivity contribution in [2.45, 2.75) is 0 Å². The van der Waals surface area contributed by atoms with E-state index in [9.17, 15) is 0 Å². The van der Waals surface area contributed by atoms with Crippen molar-refractivity contribution in [3.8, 4) is 22.7 Å². The van der Waals surface area contributed by atoms with Crippen molar-refractivity contribution in [3.05, 3.63) is 194 Å². The van der Waals surface area contributed by atoms with E-state index in [-0.39, 0.29) is 0 Å². The lowest BCUT2D eigenvalue weighted by molar-refractivity contribution is 1.08. The third-order valence-electron chi connectivity index (χ3n) is 11.9. The van der Waals surface area contributed by atoms with Gasteiger partial charge in [0.05, 0.1) is 38.6 Å². The highest BCUT2D eigenvalue weighted by Gasteiger charge is 2.25. The van der Waals surface area contributed by atoms with Crippen LogP contribution in [0.3, 0.4) is 0 Å². The summed E-state index contributed by atoms with van der Waals surface area (Å²) in [6, 6.07) is 69.9. The minimum Gasteiger partial charge on any atom is -0.309 e. The minimum atomic E-state index is 0.881. The number of hydrogen-bond donors (Lipinski definition) is 0. The van der Waals surface area contributed by atoms with Crippen LogP contribution in [0.2, 0.25) is 0 Å². The second kappa shape index (κ2) is 11.4. The average Bonchev–Trinajstić information content (AvgIpc) is 4.06. The molecule has 0 fully saturated rings. The molecule has 0 atom stereocenters. The van der Waals surface area contributed by atoms with Crippen LogP contribution in [0.4, 0.5) is 0 Å². The molecule has 57 heavy (non-hydrogen) atoms. The van der Waals surface area contributed by atoms with Crippen molar-refractivity contribution < 1.29 is 0 Å². The maximum Gasteiger partial charge on any atom is 0.221 e. The van der Waals surface area contributed by atoms with E-state index in [1.807, 2.05) is 0 Å². The Morgan fingerprint density at radius 3 is 1.32 bits per heavy atom. The zero-order valence-electron chi connectivity index (χ0n) is 30.7. The van der Waals surface area contributed by atoms with Crippen molar-refractivity contribution in [3.63, 3.8) is 0 Å². The number of nitrogens with zero attached hydrogens (tertiary/aromatic N) is 6. The van der Waals surface area contributed by atoms with E-state index in [4.69, 9.17) is 4.98 Å². The summed E-state index contributed by atoms with van der Waals surface area (Å²) in [5.74, 6) is 0.881. The Morgan fingerprint density at radius 2 is 0.719 bits per heavy atom. The quantitative estimate of drug-likeness (QED) is 0.178. The third-order valence-corrected chi connectivity index (χ3v) is 11.9. The van der Waals surface area contributed by atoms with Crippen LogP contribution in [0.1, 0.15) is 0 Å². The van der Waals surface area contributed by atoms with E-state index in [0.717, 1.165) is 67.1 Å². The van der Waals surface area contributed by atoms with Gasteiger partial charge in [0, 0.05) is 49.7 Å². The fourth-order valence-corrected chi connectivity index (χ4v) is 9.52. The summed E-state index contributed by atoms with van der Waals surface area (Å²) in [5, 5.41) is 6.09. The number of imidazole rings is 2. The molecule has 13 rings (SSSR count). The highest BCUT2D eigenvalue weighted by molar-refractivity contribution is 6.13. The van der Waals surface area contributed by atoms with E-state index in [2.05, 4.69) is 217 Å². The first kappa shape index (κ1) is 30.5. The number of aromatic nitrogens is 6. The number of rotatable bonds is 4. The molecule has 0 saturated heterocycles. The van der Waals surface area contributed by atoms with Crippen LogP contribution in [0.15, 0.2) is 194 Å². The van der Waals surface area contributed by atoms with Crippen molar-refractivity contribution in [1.29, 1.82) is 0 Å². The normalized spacial score (nSPS) is 12.2. The van der Waals surface area contributed by atoms with Gasteiger partial charge in [-0.1, -0.05) is 109 Å². The first-order valence-electron chi connectivity index (χ1n) is 19.4. The fourth-order valence-electron chi connectivity index (χ4n) is 9.52. The van der Waals surface area contributed by atoms with Crippen LogP contribution >= 0.6 is 0 Å². The molecule has 5 heterocycles. The van der Waals surface area contributed by atoms with Gasteiger partial charge in [-0.25, -0.2) is 4.98 Å². The molecule has 0 amide bonds. The van der Waals surface area contributed by atoms with Gasteiger partial charge in [0.2, 0.25) is 5.78 Å². The molecule has 8 aromatic carbocycles. The van der Waals surface area contributed by atoms with Gasteiger partial charge >= 0.3 is 0 Å². The standard InChI is InChI=1S/C51H32N6/c1-3-15-33(16-4-1)55-45-26-14-10-22-40(45)49-50(55)57-47-30-28-36(32-48(47)56(51(57)52-49)34-17-5-2-6-18-34)54-44-25-13-9-21-39(44)41-31-35(27-29-46(41)54)53-42-23-11-7-19-37(42)38-20-8-12-24-43(38)53/h1-32H. The SMILES string of the molecule is c1ccc(-n2c3cc(-n4c5ccccc5c5cc(-n6c7ccccc7c7ccccc76)ccc54)ccc3n3c2nc2c4ccccc4n(-c4ccccc4)c23)cc1. The van der Waals surface area contributed by atoms with E-state index in [0.29, 0.717) is 0 Å². The van der Waals surface area contributed by atoms with Gasteiger partial charge in [0.15, 0.2) is 5.65 Å². The molecule has 0 saturated carbocycles. The van der Waals surface area contributed by atoms with Gasteiger partial charge in [-0.15, -0.1) is 0 Å². The van der Waals surface area contributed by atoms with E-state index in [1.54, 1.807) is 0 Å². The Hall–Kier alpha value is -7.83. The minimum absolute atomic E-state index is 0.881. The fraction of sp³-hybridized carbons (Fsp3) is 0. The van der Waals surface area contributed by atoms with E-state index >= 15 is 0 Å². The summed E-state index contributed by atoms with van der Waals surface area (Å²) >= 11 is 0. The monoisotopic (exact) mass is 728 g/mol. The summed E-state index contributed by atoms with van der Waals surface area (Å²) in [6.07, 6.45) is 0. The van der Waals surface area contributed by atoms with E-state index < -0.39 is 0 Å². The van der Waals surface area contributed by atoms with Gasteiger partial charge in [0.1, 0.15) is 5.52 Å². The largest absolute Gasteiger partial charge is 0.309 e. The Bertz CT molecular complexity index is 3690. The van der Waals surface area contributed by atoms with E-state index in [1.165, 1.54) is 38.1 Å². The van der Waals surface area contributed by atoms with Gasteiger partial charge < -0.3 is 9.13 Å². The number of benzene rings is 8. The second-order valence-electron chi connectivity index (χ2n) is 14.9. The lowest BCUT2D eigenvalue weighted by Gasteiger charge is -2.11. The van der Waals surface area contributed by atoms with Gasteiger partial charge in [-0.3, -0.25) is 13.5 Å². The van der Waals surface area contributed by atoms with Crippen LogP contribution < -0.4 is 0 Å². The van der Waals surface area contributed by atoms with Crippen LogP contribution in [0, 0.1) is 0 Å². The smallest absolute Gasteiger partial charge is 0.221 e. The summed E-state index contributed by atoms with van der Waals surface area (Å²) < 4.78 is 11.8. The van der Waals surface area contributed by atoms with Crippen molar-refractivity contribution >= 4 is 82.5 Å². The summed E-state index contributed by atoms with van der Waals surface area (Å²) in [7, 11) is 0. The Kier molecular flexibility index (Phi) is 6.07. The molecule has 6 nitrogen and oxygen atoms in total. The number of para-hydroxylation sites is 6. The average molecular weight is 729 g/mol. The first-order chi connectivity index (χ1) is 28.3. The zero-order valence-corrected chi connectivity index (χ0v) is 30.7. The third kappa shape index (κ3) is 4.10. The van der Waals surface area contributed by atoms with Crippen LogP contribution in [-0.2, 0) is 0 Å². The lowest BCUT2D eigenvalue weighted by atomic mass is 10.1. The second-order valence-corrected chi connectivity index (χ2v) is 14.9. The molecule has 0 aliphatic carbocycles. The Morgan fingerprint density at radius 1 is 0.281 bits per heavy atom. The molecule has 0 aliphatic heterocycles. The highest BCUT2D eigenvalue weighted by Crippen LogP contribution is 2.40. The van der Waals surface area contributed by atoms with Gasteiger partial charge in [0.25, 0.3) is 0 Å². The Labute approximate surface area is 325 Å². The molecule has 0 N–H and O–H groups in total. The first-order valence-corrected chi connectivity index (χ1v) is 19.4. The molecule has 0 unspecified atom stereocenters.